The molecule has 0 aromatic heterocycles. The summed E-state index contributed by atoms with van der Waals surface area (Å²) in [5.41, 5.74) is 1.17. The molecule has 1 aromatic carbocycles. The lowest BCUT2D eigenvalue weighted by atomic mass is 10.0. The molecule has 1 fully saturated rings. The monoisotopic (exact) mass is 197 g/mol. The van der Waals surface area contributed by atoms with Crippen molar-refractivity contribution in [1.82, 2.24) is 0 Å². The Hall–Kier alpha value is -0.760. The first-order valence-corrected chi connectivity index (χ1v) is 5.24. The van der Waals surface area contributed by atoms with E-state index in [1.54, 1.807) is 0 Å². The van der Waals surface area contributed by atoms with Gasteiger partial charge in [-0.1, -0.05) is 30.3 Å². The van der Waals surface area contributed by atoms with Gasteiger partial charge < -0.3 is 0 Å². The molecule has 0 amide bonds. The molecule has 0 bridgehead atoms. The van der Waals surface area contributed by atoms with Crippen LogP contribution in [0.1, 0.15) is 11.5 Å². The Kier molecular flexibility index (Phi) is 2.69. The zero-order valence-corrected chi connectivity index (χ0v) is 7.94. The van der Waals surface area contributed by atoms with Gasteiger partial charge in [-0.05, 0) is 5.56 Å². The molecule has 1 radical (unpaired) electrons. The number of hydrogen-bond donors (Lipinski definition) is 0. The lowest BCUT2D eigenvalue weighted by Crippen LogP contribution is -2.15. The van der Waals surface area contributed by atoms with E-state index in [0.717, 1.165) is 0 Å². The molecule has 3 nitrogen and oxygen atoms in total. The van der Waals surface area contributed by atoms with Crippen molar-refractivity contribution in [2.24, 2.45) is 0 Å². The van der Waals surface area contributed by atoms with Gasteiger partial charge >= 0.3 is 8.25 Å². The van der Waals surface area contributed by atoms with Gasteiger partial charge in [0.15, 0.2) is 0 Å². The fraction of sp³-hybridized carbons (Fsp3) is 0.333. The average Bonchev–Trinajstić information content (AvgIpc) is 2.20. The Labute approximate surface area is 77.6 Å². The molecule has 69 valence electrons. The van der Waals surface area contributed by atoms with Crippen molar-refractivity contribution in [2.45, 2.75) is 5.92 Å². The van der Waals surface area contributed by atoms with Crippen LogP contribution in [0.5, 0.6) is 0 Å². The lowest BCUT2D eigenvalue weighted by Gasteiger charge is -2.20. The smallest absolute Gasteiger partial charge is 0.282 e. The second-order valence-corrected chi connectivity index (χ2v) is 3.89. The van der Waals surface area contributed by atoms with Gasteiger partial charge in [0.1, 0.15) is 0 Å². The minimum atomic E-state index is -1.86. The SMILES string of the molecule is O=[P]1OCC(c2ccccc2)CO1. The van der Waals surface area contributed by atoms with Gasteiger partial charge in [-0.3, -0.25) is 9.05 Å². The molecule has 13 heavy (non-hydrogen) atoms. The Morgan fingerprint density at radius 1 is 1.15 bits per heavy atom. The van der Waals surface area contributed by atoms with Gasteiger partial charge in [0.2, 0.25) is 0 Å². The Bertz CT molecular complexity index is 289. The van der Waals surface area contributed by atoms with Crippen molar-refractivity contribution >= 4 is 8.25 Å². The van der Waals surface area contributed by atoms with Crippen molar-refractivity contribution in [3.05, 3.63) is 35.9 Å². The van der Waals surface area contributed by atoms with Gasteiger partial charge in [-0.2, -0.15) is 0 Å². The number of hydrogen-bond acceptors (Lipinski definition) is 3. The molecular weight excluding hydrogens is 187 g/mol. The maximum atomic E-state index is 10.7. The third kappa shape index (κ3) is 2.13. The fourth-order valence-corrected chi connectivity index (χ4v) is 1.98. The van der Waals surface area contributed by atoms with Crippen LogP contribution in [0.4, 0.5) is 0 Å². The zero-order valence-electron chi connectivity index (χ0n) is 7.05. The van der Waals surface area contributed by atoms with E-state index in [4.69, 9.17) is 9.05 Å². The molecule has 4 heteroatoms. The maximum Gasteiger partial charge on any atom is 0.368 e. The molecule has 1 aliphatic rings. The average molecular weight is 197 g/mol. The molecule has 0 aliphatic carbocycles. The largest absolute Gasteiger partial charge is 0.368 e. The summed E-state index contributed by atoms with van der Waals surface area (Å²) >= 11 is 0. The Balaban J connectivity index is 2.07. The van der Waals surface area contributed by atoms with Gasteiger partial charge in [-0.15, -0.1) is 0 Å². The summed E-state index contributed by atoms with van der Waals surface area (Å²) in [4.78, 5) is 0. The molecule has 0 N–H and O–H groups in total. The van der Waals surface area contributed by atoms with Gasteiger partial charge in [-0.25, -0.2) is 4.57 Å². The molecule has 0 atom stereocenters. The predicted octanol–water partition coefficient (Wildman–Crippen LogP) is 2.47. The first-order chi connectivity index (χ1) is 6.36. The molecule has 1 aliphatic heterocycles. The first-order valence-electron chi connectivity index (χ1n) is 4.14. The van der Waals surface area contributed by atoms with Crippen molar-refractivity contribution < 1.29 is 13.6 Å². The third-order valence-corrected chi connectivity index (χ3v) is 2.75. The van der Waals surface area contributed by atoms with E-state index < -0.39 is 8.25 Å². The highest BCUT2D eigenvalue weighted by atomic mass is 31.1. The van der Waals surface area contributed by atoms with Crippen LogP contribution in [-0.4, -0.2) is 13.2 Å². The molecule has 0 unspecified atom stereocenters. The van der Waals surface area contributed by atoms with Crippen molar-refractivity contribution in [1.29, 1.82) is 0 Å². The third-order valence-electron chi connectivity index (χ3n) is 2.03. The van der Waals surface area contributed by atoms with E-state index in [9.17, 15) is 4.57 Å². The van der Waals surface area contributed by atoms with E-state index >= 15 is 0 Å². The summed E-state index contributed by atoms with van der Waals surface area (Å²) in [6.45, 7) is 0.971. The van der Waals surface area contributed by atoms with Crippen LogP contribution >= 0.6 is 8.25 Å². The Morgan fingerprint density at radius 3 is 2.38 bits per heavy atom. The van der Waals surface area contributed by atoms with Crippen molar-refractivity contribution in [2.75, 3.05) is 13.2 Å². The molecular formula is C9H10O3P. The van der Waals surface area contributed by atoms with Gasteiger partial charge in [0, 0.05) is 5.92 Å². The quantitative estimate of drug-likeness (QED) is 0.649. The normalized spacial score (nSPS) is 25.8. The van der Waals surface area contributed by atoms with Gasteiger partial charge in [0.05, 0.1) is 13.2 Å². The highest BCUT2D eigenvalue weighted by molar-refractivity contribution is 7.33. The van der Waals surface area contributed by atoms with Crippen LogP contribution < -0.4 is 0 Å². The van der Waals surface area contributed by atoms with E-state index in [1.807, 2.05) is 30.3 Å². The van der Waals surface area contributed by atoms with Crippen LogP contribution in [0.3, 0.4) is 0 Å². The number of benzene rings is 1. The van der Waals surface area contributed by atoms with Crippen LogP contribution in [0, 0.1) is 0 Å². The molecule has 0 saturated carbocycles. The van der Waals surface area contributed by atoms with Crippen LogP contribution in [-0.2, 0) is 13.6 Å². The summed E-state index contributed by atoms with van der Waals surface area (Å²) in [6.07, 6.45) is 0. The summed E-state index contributed by atoms with van der Waals surface area (Å²) in [5, 5.41) is 0. The summed E-state index contributed by atoms with van der Waals surface area (Å²) < 4.78 is 20.6. The van der Waals surface area contributed by atoms with Crippen LogP contribution in [0.25, 0.3) is 0 Å². The van der Waals surface area contributed by atoms with E-state index in [1.165, 1.54) is 5.56 Å². The second-order valence-electron chi connectivity index (χ2n) is 2.92. The molecule has 2 rings (SSSR count). The van der Waals surface area contributed by atoms with E-state index in [0.29, 0.717) is 13.2 Å². The van der Waals surface area contributed by atoms with Crippen molar-refractivity contribution in [3.63, 3.8) is 0 Å². The molecule has 1 saturated heterocycles. The number of rotatable bonds is 1. The van der Waals surface area contributed by atoms with Gasteiger partial charge in [0.25, 0.3) is 0 Å². The van der Waals surface area contributed by atoms with E-state index in [-0.39, 0.29) is 5.92 Å². The lowest BCUT2D eigenvalue weighted by molar-refractivity contribution is 0.142. The minimum Gasteiger partial charge on any atom is -0.282 e. The van der Waals surface area contributed by atoms with Crippen LogP contribution in [0.2, 0.25) is 0 Å². The molecule has 1 aromatic rings. The standard InChI is InChI=1S/C9H10O3P/c10-13-11-6-9(7-12-13)8-4-2-1-3-5-8/h1-5,9H,6-7H2. The topological polar surface area (TPSA) is 35.5 Å². The van der Waals surface area contributed by atoms with E-state index in [2.05, 4.69) is 0 Å². The maximum absolute atomic E-state index is 10.7. The first kappa shape index (κ1) is 8.82. The zero-order chi connectivity index (χ0) is 9.10. The minimum absolute atomic E-state index is 0.217. The highest BCUT2D eigenvalue weighted by Gasteiger charge is 2.20. The second kappa shape index (κ2) is 3.97. The summed E-state index contributed by atoms with van der Waals surface area (Å²) in [6, 6.07) is 9.97. The fourth-order valence-electron chi connectivity index (χ4n) is 1.30. The predicted molar refractivity (Wildman–Crippen MR) is 48.7 cm³/mol. The van der Waals surface area contributed by atoms with Crippen LogP contribution in [0.15, 0.2) is 30.3 Å². The Morgan fingerprint density at radius 2 is 1.77 bits per heavy atom. The summed E-state index contributed by atoms with van der Waals surface area (Å²) in [5.74, 6) is 0.217. The summed E-state index contributed by atoms with van der Waals surface area (Å²) in [7, 11) is -1.86. The molecule has 1 heterocycles. The molecule has 0 spiro atoms. The van der Waals surface area contributed by atoms with Crippen molar-refractivity contribution in [3.8, 4) is 0 Å². The highest BCUT2D eigenvalue weighted by Crippen LogP contribution is 2.34.